The van der Waals surface area contributed by atoms with E-state index >= 15 is 0 Å². The Hall–Kier alpha value is -2.33. The summed E-state index contributed by atoms with van der Waals surface area (Å²) in [5.41, 5.74) is -0.261. The standard InChI is InChI=1S/C20H24FN5O3S/c1-30(28,29)25-9-4-14(5-10-25)23-19-22-12-13-11-15(21)18(27)26(17(13)24-19)16-3-2-6-20(16)7-8-20/h2,6,11-12,14,16H,3-5,7-10H2,1H3,(H,22,23,24). The Morgan fingerprint density at radius 3 is 2.67 bits per heavy atom. The molecule has 1 spiro atoms. The minimum absolute atomic E-state index is 0.0315. The van der Waals surface area contributed by atoms with E-state index in [9.17, 15) is 17.6 Å². The van der Waals surface area contributed by atoms with Crippen molar-refractivity contribution in [1.29, 1.82) is 0 Å². The number of hydrogen-bond acceptors (Lipinski definition) is 6. The molecular weight excluding hydrogens is 409 g/mol. The first-order chi connectivity index (χ1) is 14.3. The molecule has 1 saturated carbocycles. The molecule has 1 atom stereocenters. The van der Waals surface area contributed by atoms with Crippen molar-refractivity contribution >= 4 is 27.0 Å². The van der Waals surface area contributed by atoms with E-state index in [4.69, 9.17) is 0 Å². The van der Waals surface area contributed by atoms with Crippen molar-refractivity contribution < 1.29 is 12.8 Å². The lowest BCUT2D eigenvalue weighted by molar-refractivity contribution is 0.331. The molecular formula is C20H24FN5O3S. The topological polar surface area (TPSA) is 97.2 Å². The van der Waals surface area contributed by atoms with E-state index in [1.54, 1.807) is 0 Å². The highest BCUT2D eigenvalue weighted by Gasteiger charge is 2.51. The lowest BCUT2D eigenvalue weighted by Gasteiger charge is -2.30. The van der Waals surface area contributed by atoms with E-state index in [0.717, 1.165) is 12.8 Å². The zero-order valence-electron chi connectivity index (χ0n) is 16.7. The Labute approximate surface area is 173 Å². The zero-order chi connectivity index (χ0) is 21.1. The van der Waals surface area contributed by atoms with Crippen molar-refractivity contribution in [3.63, 3.8) is 0 Å². The third-order valence-corrected chi connectivity index (χ3v) is 7.90. The molecule has 30 heavy (non-hydrogen) atoms. The maximum atomic E-state index is 14.4. The Morgan fingerprint density at radius 2 is 2.00 bits per heavy atom. The fourth-order valence-corrected chi connectivity index (χ4v) is 5.62. The van der Waals surface area contributed by atoms with E-state index in [1.807, 2.05) is 0 Å². The average molecular weight is 434 g/mol. The summed E-state index contributed by atoms with van der Waals surface area (Å²) in [5, 5.41) is 3.76. The molecule has 1 N–H and O–H groups in total. The smallest absolute Gasteiger partial charge is 0.288 e. The molecule has 160 valence electrons. The van der Waals surface area contributed by atoms with Crippen LogP contribution in [0, 0.1) is 11.2 Å². The number of hydrogen-bond donors (Lipinski definition) is 1. The van der Waals surface area contributed by atoms with Gasteiger partial charge in [0.25, 0.3) is 5.56 Å². The van der Waals surface area contributed by atoms with Crippen LogP contribution in [0.15, 0.2) is 29.2 Å². The second-order valence-electron chi connectivity index (χ2n) is 8.61. The van der Waals surface area contributed by atoms with Crippen LogP contribution in [0.4, 0.5) is 10.3 Å². The van der Waals surface area contributed by atoms with Gasteiger partial charge in [0.15, 0.2) is 5.82 Å². The Bertz CT molecular complexity index is 1200. The first-order valence-corrected chi connectivity index (χ1v) is 12.1. The Morgan fingerprint density at radius 1 is 1.27 bits per heavy atom. The summed E-state index contributed by atoms with van der Waals surface area (Å²) in [6.45, 7) is 0.881. The number of allylic oxidation sites excluding steroid dienone is 2. The maximum absolute atomic E-state index is 14.4. The van der Waals surface area contributed by atoms with Crippen LogP contribution in [0.3, 0.4) is 0 Å². The fraction of sp³-hybridized carbons (Fsp3) is 0.550. The van der Waals surface area contributed by atoms with Gasteiger partial charge in [0.1, 0.15) is 5.65 Å². The first-order valence-electron chi connectivity index (χ1n) is 10.2. The number of fused-ring (bicyclic) bond motifs is 1. The first kappa shape index (κ1) is 19.6. The summed E-state index contributed by atoms with van der Waals surface area (Å²) in [5.74, 6) is -0.418. The highest BCUT2D eigenvalue weighted by Crippen LogP contribution is 2.59. The van der Waals surface area contributed by atoms with Crippen molar-refractivity contribution in [2.45, 2.75) is 44.2 Å². The van der Waals surface area contributed by atoms with Crippen LogP contribution in [-0.4, -0.2) is 52.6 Å². The van der Waals surface area contributed by atoms with Crippen LogP contribution >= 0.6 is 0 Å². The predicted molar refractivity (Wildman–Crippen MR) is 111 cm³/mol. The second kappa shape index (κ2) is 6.84. The molecule has 3 heterocycles. The molecule has 10 heteroatoms. The number of nitrogens with one attached hydrogen (secondary N) is 1. The van der Waals surface area contributed by atoms with Crippen LogP contribution in [0.25, 0.3) is 11.0 Å². The fourth-order valence-electron chi connectivity index (χ4n) is 4.74. The molecule has 2 aromatic heterocycles. The van der Waals surface area contributed by atoms with Gasteiger partial charge in [-0.2, -0.15) is 4.98 Å². The number of nitrogens with zero attached hydrogens (tertiary/aromatic N) is 4. The van der Waals surface area contributed by atoms with Gasteiger partial charge in [0, 0.05) is 36.1 Å². The summed E-state index contributed by atoms with van der Waals surface area (Å²) in [6.07, 6.45) is 10.9. The molecule has 1 unspecified atom stereocenters. The van der Waals surface area contributed by atoms with Crippen LogP contribution in [0.1, 0.15) is 38.1 Å². The monoisotopic (exact) mass is 433 g/mol. The molecule has 5 rings (SSSR count). The summed E-state index contributed by atoms with van der Waals surface area (Å²) in [7, 11) is -3.19. The third-order valence-electron chi connectivity index (χ3n) is 6.60. The second-order valence-corrected chi connectivity index (χ2v) is 10.6. The number of sulfonamides is 1. The molecule has 8 nitrogen and oxygen atoms in total. The quantitative estimate of drug-likeness (QED) is 0.742. The van der Waals surface area contributed by atoms with E-state index in [1.165, 1.54) is 27.4 Å². The van der Waals surface area contributed by atoms with Crippen LogP contribution < -0.4 is 10.9 Å². The van der Waals surface area contributed by atoms with Gasteiger partial charge < -0.3 is 5.32 Å². The van der Waals surface area contributed by atoms with Crippen LogP contribution in [-0.2, 0) is 10.0 Å². The van der Waals surface area contributed by atoms with E-state index in [2.05, 4.69) is 27.4 Å². The van der Waals surface area contributed by atoms with Crippen LogP contribution in [0.2, 0.25) is 0 Å². The van der Waals surface area contributed by atoms with Gasteiger partial charge in [-0.05, 0) is 38.2 Å². The van der Waals surface area contributed by atoms with E-state index in [0.29, 0.717) is 49.3 Å². The van der Waals surface area contributed by atoms with Crippen molar-refractivity contribution in [3.8, 4) is 0 Å². The van der Waals surface area contributed by atoms with Gasteiger partial charge >= 0.3 is 0 Å². The number of aromatic nitrogens is 3. The summed E-state index contributed by atoms with van der Waals surface area (Å²) in [4.78, 5) is 21.6. The highest BCUT2D eigenvalue weighted by atomic mass is 32.2. The largest absolute Gasteiger partial charge is 0.351 e. The molecule has 0 radical (unpaired) electrons. The zero-order valence-corrected chi connectivity index (χ0v) is 17.5. The number of piperidine rings is 1. The summed E-state index contributed by atoms with van der Waals surface area (Å²) < 4.78 is 40.7. The van der Waals surface area contributed by atoms with E-state index in [-0.39, 0.29) is 17.5 Å². The normalized spacial score (nSPS) is 24.0. The lowest BCUT2D eigenvalue weighted by atomic mass is 10.00. The number of halogens is 1. The molecule has 1 aliphatic heterocycles. The molecule has 2 fully saturated rings. The SMILES string of the molecule is CS(=O)(=O)N1CCC(Nc2ncc3cc(F)c(=O)n(C4CC=CC45CC5)c3n2)CC1. The number of rotatable bonds is 4. The van der Waals surface area contributed by atoms with E-state index < -0.39 is 21.4 Å². The highest BCUT2D eigenvalue weighted by molar-refractivity contribution is 7.88. The minimum atomic E-state index is -3.19. The Kier molecular flexibility index (Phi) is 4.48. The summed E-state index contributed by atoms with van der Waals surface area (Å²) >= 11 is 0. The molecule has 0 aromatic carbocycles. The maximum Gasteiger partial charge on any atom is 0.288 e. The van der Waals surface area contributed by atoms with Gasteiger partial charge in [-0.25, -0.2) is 22.1 Å². The number of pyridine rings is 1. The molecule has 1 saturated heterocycles. The van der Waals surface area contributed by atoms with Crippen molar-refractivity contribution in [2.24, 2.45) is 5.41 Å². The molecule has 3 aliphatic rings. The van der Waals surface area contributed by atoms with Gasteiger partial charge in [0.05, 0.1) is 12.3 Å². The van der Waals surface area contributed by atoms with Crippen molar-refractivity contribution in [3.05, 3.63) is 40.6 Å². The van der Waals surface area contributed by atoms with Crippen molar-refractivity contribution in [1.82, 2.24) is 18.8 Å². The van der Waals surface area contributed by atoms with Gasteiger partial charge in [-0.15, -0.1) is 0 Å². The number of anilines is 1. The van der Waals surface area contributed by atoms with Crippen molar-refractivity contribution in [2.75, 3.05) is 24.7 Å². The lowest BCUT2D eigenvalue weighted by Crippen LogP contribution is -2.42. The van der Waals surface area contributed by atoms with Crippen LogP contribution in [0.5, 0.6) is 0 Å². The average Bonchev–Trinajstić information content (AvgIpc) is 3.36. The minimum Gasteiger partial charge on any atom is -0.351 e. The molecule has 0 bridgehead atoms. The van der Waals surface area contributed by atoms with Gasteiger partial charge in [0.2, 0.25) is 16.0 Å². The third kappa shape index (κ3) is 3.31. The Balaban J connectivity index is 1.45. The van der Waals surface area contributed by atoms with Gasteiger partial charge in [-0.1, -0.05) is 12.2 Å². The summed E-state index contributed by atoms with van der Waals surface area (Å²) in [6, 6.07) is 1.11. The van der Waals surface area contributed by atoms with Gasteiger partial charge in [-0.3, -0.25) is 9.36 Å². The predicted octanol–water partition coefficient (Wildman–Crippen LogP) is 2.05. The molecule has 2 aliphatic carbocycles. The molecule has 2 aromatic rings. The molecule has 0 amide bonds.